The minimum Gasteiger partial charge on any atom is -0.466 e. The van der Waals surface area contributed by atoms with Gasteiger partial charge in [-0.15, -0.1) is 0 Å². The molecule has 1 amide bonds. The number of rotatable bonds is 8. The van der Waals surface area contributed by atoms with Crippen molar-refractivity contribution in [2.45, 2.75) is 32.7 Å². The molecule has 0 radical (unpaired) electrons. The Kier molecular flexibility index (Phi) is 8.32. The minimum absolute atomic E-state index is 0.0257. The highest BCUT2D eigenvalue weighted by atomic mass is 79.9. The van der Waals surface area contributed by atoms with Gasteiger partial charge in [0.15, 0.2) is 0 Å². The van der Waals surface area contributed by atoms with Crippen LogP contribution in [0.5, 0.6) is 0 Å². The lowest BCUT2D eigenvalue weighted by molar-refractivity contribution is -0.146. The van der Waals surface area contributed by atoms with Gasteiger partial charge in [-0.2, -0.15) is 0 Å². The lowest BCUT2D eigenvalue weighted by Crippen LogP contribution is -2.42. The van der Waals surface area contributed by atoms with E-state index in [0.717, 1.165) is 4.47 Å². The molecular weight excluding hydrogens is 366 g/mol. The van der Waals surface area contributed by atoms with E-state index in [2.05, 4.69) is 21.2 Å². The number of halogens is 1. The van der Waals surface area contributed by atoms with Gasteiger partial charge in [0.25, 0.3) is 5.91 Å². The first kappa shape index (κ1) is 19.2. The van der Waals surface area contributed by atoms with Crippen molar-refractivity contribution in [3.05, 3.63) is 34.3 Å². The fourth-order valence-corrected chi connectivity index (χ4v) is 2.09. The van der Waals surface area contributed by atoms with Gasteiger partial charge < -0.3 is 14.8 Å². The molecule has 0 spiro atoms. The second-order valence-electron chi connectivity index (χ2n) is 4.63. The van der Waals surface area contributed by atoms with Crippen molar-refractivity contribution in [2.24, 2.45) is 0 Å². The van der Waals surface area contributed by atoms with Gasteiger partial charge in [0.1, 0.15) is 6.04 Å². The van der Waals surface area contributed by atoms with Crippen LogP contribution in [0.3, 0.4) is 0 Å². The average Bonchev–Trinajstić information content (AvgIpc) is 2.52. The maximum Gasteiger partial charge on any atom is 0.328 e. The lowest BCUT2D eigenvalue weighted by atomic mass is 10.1. The van der Waals surface area contributed by atoms with Gasteiger partial charge >= 0.3 is 11.9 Å². The molecule has 0 saturated carbocycles. The fourth-order valence-electron chi connectivity index (χ4n) is 1.83. The van der Waals surface area contributed by atoms with E-state index in [1.165, 1.54) is 0 Å². The van der Waals surface area contributed by atoms with E-state index < -0.39 is 23.9 Å². The Morgan fingerprint density at radius 3 is 2.26 bits per heavy atom. The van der Waals surface area contributed by atoms with Crippen LogP contribution in [0.4, 0.5) is 0 Å². The summed E-state index contributed by atoms with van der Waals surface area (Å²) in [6, 6.07) is 5.83. The van der Waals surface area contributed by atoms with E-state index in [4.69, 9.17) is 9.47 Å². The zero-order valence-corrected chi connectivity index (χ0v) is 14.7. The molecule has 23 heavy (non-hydrogen) atoms. The molecule has 1 aromatic rings. The molecule has 0 aliphatic rings. The highest BCUT2D eigenvalue weighted by molar-refractivity contribution is 9.10. The minimum atomic E-state index is -0.893. The maximum atomic E-state index is 12.2. The number of amides is 1. The van der Waals surface area contributed by atoms with Crippen molar-refractivity contribution >= 4 is 33.8 Å². The van der Waals surface area contributed by atoms with Gasteiger partial charge in [-0.05, 0) is 44.5 Å². The number of carbonyl (C=O) groups excluding carboxylic acids is 3. The Balaban J connectivity index is 2.71. The molecule has 0 heterocycles. The quantitative estimate of drug-likeness (QED) is 0.695. The third kappa shape index (κ3) is 6.81. The summed E-state index contributed by atoms with van der Waals surface area (Å²) in [5.74, 6) is -1.39. The summed E-state index contributed by atoms with van der Waals surface area (Å²) in [6.45, 7) is 3.85. The van der Waals surface area contributed by atoms with Crippen molar-refractivity contribution in [3.63, 3.8) is 0 Å². The second-order valence-corrected chi connectivity index (χ2v) is 5.54. The largest absolute Gasteiger partial charge is 0.466 e. The van der Waals surface area contributed by atoms with Crippen LogP contribution >= 0.6 is 15.9 Å². The number of nitrogens with one attached hydrogen (secondary N) is 1. The van der Waals surface area contributed by atoms with Gasteiger partial charge in [-0.3, -0.25) is 9.59 Å². The summed E-state index contributed by atoms with van der Waals surface area (Å²) in [7, 11) is 0. The summed E-state index contributed by atoms with van der Waals surface area (Å²) in [5.41, 5.74) is 0.415. The Bertz CT molecular complexity index is 544. The van der Waals surface area contributed by atoms with Crippen LogP contribution < -0.4 is 5.32 Å². The molecule has 1 N–H and O–H groups in total. The van der Waals surface area contributed by atoms with Crippen LogP contribution in [0, 0.1) is 0 Å². The van der Waals surface area contributed by atoms with Crippen LogP contribution in [0.25, 0.3) is 0 Å². The Morgan fingerprint density at radius 1 is 1.09 bits per heavy atom. The zero-order valence-electron chi connectivity index (χ0n) is 13.1. The molecule has 0 unspecified atom stereocenters. The third-order valence-electron chi connectivity index (χ3n) is 2.93. The number of esters is 2. The Labute approximate surface area is 143 Å². The van der Waals surface area contributed by atoms with E-state index in [1.54, 1.807) is 38.1 Å². The van der Waals surface area contributed by atoms with Gasteiger partial charge in [0, 0.05) is 16.5 Å². The molecule has 6 nitrogen and oxygen atoms in total. The first-order valence-corrected chi connectivity index (χ1v) is 8.15. The molecule has 0 saturated heterocycles. The van der Waals surface area contributed by atoms with Crippen molar-refractivity contribution in [1.82, 2.24) is 5.32 Å². The van der Waals surface area contributed by atoms with Crippen LogP contribution in [0.15, 0.2) is 28.7 Å². The topological polar surface area (TPSA) is 81.7 Å². The summed E-state index contributed by atoms with van der Waals surface area (Å²) < 4.78 is 10.6. The van der Waals surface area contributed by atoms with Crippen LogP contribution in [-0.4, -0.2) is 37.1 Å². The van der Waals surface area contributed by atoms with Gasteiger partial charge in [-0.1, -0.05) is 15.9 Å². The molecule has 0 fully saturated rings. The highest BCUT2D eigenvalue weighted by Gasteiger charge is 2.23. The zero-order chi connectivity index (χ0) is 17.2. The number of carbonyl (C=O) groups is 3. The van der Waals surface area contributed by atoms with Gasteiger partial charge in [0.2, 0.25) is 0 Å². The monoisotopic (exact) mass is 385 g/mol. The fraction of sp³-hybridized carbons (Fsp3) is 0.438. The highest BCUT2D eigenvalue weighted by Crippen LogP contribution is 2.11. The van der Waals surface area contributed by atoms with Crippen LogP contribution in [0.2, 0.25) is 0 Å². The van der Waals surface area contributed by atoms with Gasteiger partial charge in [0.05, 0.1) is 13.2 Å². The SMILES string of the molecule is CCOC(=O)CC[C@@H](NC(=O)c1ccc(Br)cc1)C(=O)OCC. The predicted molar refractivity (Wildman–Crippen MR) is 87.9 cm³/mol. The first-order chi connectivity index (χ1) is 11.0. The normalized spacial score (nSPS) is 11.4. The predicted octanol–water partition coefficient (Wildman–Crippen LogP) is 2.45. The molecule has 1 atom stereocenters. The van der Waals surface area contributed by atoms with Crippen LogP contribution in [-0.2, 0) is 19.1 Å². The third-order valence-corrected chi connectivity index (χ3v) is 3.45. The standard InChI is InChI=1S/C16H20BrNO5/c1-3-22-14(19)10-9-13(16(21)23-4-2)18-15(20)11-5-7-12(17)8-6-11/h5-8,13H,3-4,9-10H2,1-2H3,(H,18,20)/t13-/m1/s1. The molecular formula is C16H20BrNO5. The van der Waals surface area contributed by atoms with Crippen LogP contribution in [0.1, 0.15) is 37.0 Å². The van der Waals surface area contributed by atoms with E-state index in [-0.39, 0.29) is 26.1 Å². The molecule has 1 aromatic carbocycles. The number of benzene rings is 1. The van der Waals surface area contributed by atoms with Crippen molar-refractivity contribution in [2.75, 3.05) is 13.2 Å². The lowest BCUT2D eigenvalue weighted by Gasteiger charge is -2.17. The number of hydrogen-bond donors (Lipinski definition) is 1. The summed E-state index contributed by atoms with van der Waals surface area (Å²) in [6.07, 6.45) is 0.151. The molecule has 126 valence electrons. The smallest absolute Gasteiger partial charge is 0.328 e. The van der Waals surface area contributed by atoms with Crippen molar-refractivity contribution < 1.29 is 23.9 Å². The van der Waals surface area contributed by atoms with E-state index in [0.29, 0.717) is 5.56 Å². The summed E-state index contributed by atoms with van der Waals surface area (Å²) >= 11 is 3.29. The Morgan fingerprint density at radius 2 is 1.70 bits per heavy atom. The Hall–Kier alpha value is -1.89. The molecule has 0 aliphatic carbocycles. The molecule has 0 bridgehead atoms. The second kappa shape index (κ2) is 9.99. The van der Waals surface area contributed by atoms with E-state index in [9.17, 15) is 14.4 Å². The maximum absolute atomic E-state index is 12.2. The molecule has 1 rings (SSSR count). The van der Waals surface area contributed by atoms with E-state index in [1.807, 2.05) is 0 Å². The number of hydrogen-bond acceptors (Lipinski definition) is 5. The number of ether oxygens (including phenoxy) is 2. The molecule has 0 aromatic heterocycles. The summed E-state index contributed by atoms with van der Waals surface area (Å²) in [4.78, 5) is 35.6. The molecule has 7 heteroatoms. The van der Waals surface area contributed by atoms with Gasteiger partial charge in [-0.25, -0.2) is 4.79 Å². The van der Waals surface area contributed by atoms with Crippen molar-refractivity contribution in [1.29, 1.82) is 0 Å². The molecule has 0 aliphatic heterocycles. The van der Waals surface area contributed by atoms with Crippen molar-refractivity contribution in [3.8, 4) is 0 Å². The average molecular weight is 386 g/mol. The van der Waals surface area contributed by atoms with E-state index >= 15 is 0 Å². The summed E-state index contributed by atoms with van der Waals surface area (Å²) in [5, 5.41) is 2.60. The first-order valence-electron chi connectivity index (χ1n) is 7.36.